The van der Waals surface area contributed by atoms with Crippen molar-refractivity contribution in [3.8, 4) is 5.75 Å². The van der Waals surface area contributed by atoms with E-state index in [2.05, 4.69) is 23.2 Å². The summed E-state index contributed by atoms with van der Waals surface area (Å²) in [5.74, 6) is 1.05. The highest BCUT2D eigenvalue weighted by Gasteiger charge is 2.14. The third kappa shape index (κ3) is 1.48. The van der Waals surface area contributed by atoms with Crippen LogP contribution in [0.2, 0.25) is 0 Å². The van der Waals surface area contributed by atoms with Gasteiger partial charge in [0.25, 0.3) is 0 Å². The van der Waals surface area contributed by atoms with Crippen LogP contribution in [0.25, 0.3) is 10.9 Å². The number of aromatic nitrogens is 1. The molecule has 0 spiro atoms. The van der Waals surface area contributed by atoms with Gasteiger partial charge in [-0.2, -0.15) is 0 Å². The molecule has 1 aliphatic heterocycles. The Morgan fingerprint density at radius 2 is 2.31 bits per heavy atom. The number of aryl methyl sites for hydroxylation is 1. The molecule has 1 aromatic heterocycles. The summed E-state index contributed by atoms with van der Waals surface area (Å²) in [6, 6.07) is 6.38. The number of aromatic amines is 1. The normalized spacial score (nSPS) is 14.8. The zero-order valence-corrected chi connectivity index (χ0v) is 9.25. The quantitative estimate of drug-likeness (QED) is 0.806. The highest BCUT2D eigenvalue weighted by atomic mass is 16.5. The number of ether oxygens (including phenoxy) is 1. The first-order chi connectivity index (χ1) is 7.88. The first kappa shape index (κ1) is 9.73. The summed E-state index contributed by atoms with van der Waals surface area (Å²) >= 11 is 0. The Hall–Kier alpha value is -1.48. The minimum atomic E-state index is 0.686. The van der Waals surface area contributed by atoms with E-state index in [-0.39, 0.29) is 0 Å². The van der Waals surface area contributed by atoms with Crippen molar-refractivity contribution in [2.45, 2.75) is 19.3 Å². The number of benzene rings is 1. The van der Waals surface area contributed by atoms with Crippen molar-refractivity contribution in [2.24, 2.45) is 5.73 Å². The predicted octanol–water partition coefficient (Wildman–Crippen LogP) is 1.99. The van der Waals surface area contributed by atoms with E-state index < -0.39 is 0 Å². The predicted molar refractivity (Wildman–Crippen MR) is 64.9 cm³/mol. The average Bonchev–Trinajstić information content (AvgIpc) is 2.72. The van der Waals surface area contributed by atoms with Gasteiger partial charge < -0.3 is 15.5 Å². The first-order valence-corrected chi connectivity index (χ1v) is 5.85. The molecule has 2 aromatic rings. The van der Waals surface area contributed by atoms with Gasteiger partial charge in [0.2, 0.25) is 0 Å². The molecule has 3 heteroatoms. The molecule has 0 atom stereocenters. The topological polar surface area (TPSA) is 51.0 Å². The van der Waals surface area contributed by atoms with Gasteiger partial charge in [-0.05, 0) is 44.0 Å². The van der Waals surface area contributed by atoms with Gasteiger partial charge in [0.05, 0.1) is 6.61 Å². The molecule has 0 bridgehead atoms. The van der Waals surface area contributed by atoms with Crippen LogP contribution in [0.15, 0.2) is 18.2 Å². The van der Waals surface area contributed by atoms with Crippen molar-refractivity contribution in [1.29, 1.82) is 0 Å². The fourth-order valence-corrected chi connectivity index (χ4v) is 2.42. The van der Waals surface area contributed by atoms with E-state index in [1.807, 2.05) is 0 Å². The number of nitrogens with two attached hydrogens (primary N) is 1. The Balaban J connectivity index is 2.15. The van der Waals surface area contributed by atoms with Crippen molar-refractivity contribution < 1.29 is 4.74 Å². The van der Waals surface area contributed by atoms with Crippen LogP contribution in [-0.2, 0) is 12.8 Å². The largest absolute Gasteiger partial charge is 0.493 e. The number of rotatable bonds is 2. The van der Waals surface area contributed by atoms with E-state index in [9.17, 15) is 0 Å². The van der Waals surface area contributed by atoms with Crippen molar-refractivity contribution in [3.05, 3.63) is 29.5 Å². The second-order valence-electron chi connectivity index (χ2n) is 4.29. The lowest BCUT2D eigenvalue weighted by Crippen LogP contribution is -2.08. The van der Waals surface area contributed by atoms with Gasteiger partial charge in [0.15, 0.2) is 0 Å². The van der Waals surface area contributed by atoms with Gasteiger partial charge in [-0.15, -0.1) is 0 Å². The van der Waals surface area contributed by atoms with Crippen molar-refractivity contribution in [2.75, 3.05) is 13.2 Å². The van der Waals surface area contributed by atoms with Crippen LogP contribution >= 0.6 is 0 Å². The van der Waals surface area contributed by atoms with E-state index in [1.165, 1.54) is 22.2 Å². The molecule has 0 unspecified atom stereocenters. The third-order valence-corrected chi connectivity index (χ3v) is 3.17. The van der Waals surface area contributed by atoms with E-state index in [4.69, 9.17) is 10.5 Å². The van der Waals surface area contributed by atoms with Crippen LogP contribution in [0.5, 0.6) is 5.75 Å². The molecule has 0 fully saturated rings. The molecule has 3 nitrogen and oxygen atoms in total. The van der Waals surface area contributed by atoms with Crippen LogP contribution in [0, 0.1) is 0 Å². The van der Waals surface area contributed by atoms with Crippen LogP contribution in [0.3, 0.4) is 0 Å². The van der Waals surface area contributed by atoms with Crippen LogP contribution in [-0.4, -0.2) is 18.1 Å². The van der Waals surface area contributed by atoms with E-state index >= 15 is 0 Å². The lowest BCUT2D eigenvalue weighted by Gasteiger charge is -2.17. The number of nitrogens with one attached hydrogen (secondary N) is 1. The zero-order chi connectivity index (χ0) is 11.0. The molecule has 3 N–H and O–H groups in total. The summed E-state index contributed by atoms with van der Waals surface area (Å²) < 4.78 is 5.66. The van der Waals surface area contributed by atoms with E-state index in [0.717, 1.165) is 31.6 Å². The fourth-order valence-electron chi connectivity index (χ4n) is 2.42. The second kappa shape index (κ2) is 3.83. The van der Waals surface area contributed by atoms with Crippen LogP contribution < -0.4 is 10.5 Å². The average molecular weight is 216 g/mol. The Morgan fingerprint density at radius 1 is 1.38 bits per heavy atom. The van der Waals surface area contributed by atoms with Crippen molar-refractivity contribution >= 4 is 10.9 Å². The number of H-pyrrole nitrogens is 1. The van der Waals surface area contributed by atoms with E-state index in [0.29, 0.717) is 6.54 Å². The van der Waals surface area contributed by atoms with Crippen molar-refractivity contribution in [1.82, 2.24) is 4.98 Å². The van der Waals surface area contributed by atoms with Gasteiger partial charge in [0.1, 0.15) is 5.75 Å². The Kier molecular flexibility index (Phi) is 2.33. The number of fused-ring (bicyclic) bond motifs is 3. The molecule has 0 saturated carbocycles. The summed E-state index contributed by atoms with van der Waals surface area (Å²) in [5.41, 5.74) is 9.35. The molecular weight excluding hydrogens is 200 g/mol. The SMILES string of the molecule is NCCc1cc2c3c(ccc2[nH]1)OCCC3. The van der Waals surface area contributed by atoms with Crippen LogP contribution in [0.1, 0.15) is 17.7 Å². The molecule has 1 aromatic carbocycles. The molecule has 3 rings (SSSR count). The number of hydrogen-bond donors (Lipinski definition) is 2. The van der Waals surface area contributed by atoms with Gasteiger partial charge in [-0.3, -0.25) is 0 Å². The monoisotopic (exact) mass is 216 g/mol. The van der Waals surface area contributed by atoms with E-state index in [1.54, 1.807) is 0 Å². The smallest absolute Gasteiger partial charge is 0.123 e. The maximum Gasteiger partial charge on any atom is 0.123 e. The molecule has 2 heterocycles. The third-order valence-electron chi connectivity index (χ3n) is 3.17. The first-order valence-electron chi connectivity index (χ1n) is 5.85. The Bertz CT molecular complexity index is 516. The highest BCUT2D eigenvalue weighted by Crippen LogP contribution is 2.32. The summed E-state index contributed by atoms with van der Waals surface area (Å²) in [6.07, 6.45) is 3.14. The molecule has 16 heavy (non-hydrogen) atoms. The molecule has 0 saturated heterocycles. The molecular formula is C13H16N2O. The summed E-state index contributed by atoms with van der Waals surface area (Å²) in [7, 11) is 0. The fraction of sp³-hybridized carbons (Fsp3) is 0.385. The lowest BCUT2D eigenvalue weighted by molar-refractivity contribution is 0.289. The standard InChI is InChI=1S/C13H16N2O/c14-6-5-9-8-11-10-2-1-7-16-13(10)4-3-12(11)15-9/h3-4,8,15H,1-2,5-7,14H2. The zero-order valence-electron chi connectivity index (χ0n) is 9.25. The molecule has 84 valence electrons. The van der Waals surface area contributed by atoms with Gasteiger partial charge >= 0.3 is 0 Å². The second-order valence-corrected chi connectivity index (χ2v) is 4.29. The van der Waals surface area contributed by atoms with Gasteiger partial charge in [-0.25, -0.2) is 0 Å². The highest BCUT2D eigenvalue weighted by molar-refractivity contribution is 5.86. The summed E-state index contributed by atoms with van der Waals surface area (Å²) in [4.78, 5) is 3.41. The molecule has 0 aliphatic carbocycles. The summed E-state index contributed by atoms with van der Waals surface area (Å²) in [5, 5.41) is 1.31. The minimum absolute atomic E-state index is 0.686. The van der Waals surface area contributed by atoms with Crippen molar-refractivity contribution in [3.63, 3.8) is 0 Å². The lowest BCUT2D eigenvalue weighted by atomic mass is 10.0. The molecule has 0 radical (unpaired) electrons. The minimum Gasteiger partial charge on any atom is -0.493 e. The number of hydrogen-bond acceptors (Lipinski definition) is 2. The van der Waals surface area contributed by atoms with Crippen LogP contribution in [0.4, 0.5) is 0 Å². The Morgan fingerprint density at radius 3 is 3.19 bits per heavy atom. The van der Waals surface area contributed by atoms with Gasteiger partial charge in [0, 0.05) is 22.2 Å². The molecule has 1 aliphatic rings. The maximum absolute atomic E-state index is 5.66. The summed E-state index contributed by atoms with van der Waals surface area (Å²) in [6.45, 7) is 1.53. The van der Waals surface area contributed by atoms with Gasteiger partial charge in [-0.1, -0.05) is 0 Å². The Labute approximate surface area is 94.6 Å². The maximum atomic E-state index is 5.66. The molecule has 0 amide bonds.